The summed E-state index contributed by atoms with van der Waals surface area (Å²) in [6.07, 6.45) is 1.32. The molecule has 1 fully saturated rings. The molecule has 176 valence electrons. The van der Waals surface area contributed by atoms with Crippen LogP contribution in [0.5, 0.6) is 0 Å². The number of benzene rings is 2. The summed E-state index contributed by atoms with van der Waals surface area (Å²) in [5, 5.41) is 3.01. The summed E-state index contributed by atoms with van der Waals surface area (Å²) in [7, 11) is -3.69. The number of sulfonamides is 1. The Bertz CT molecular complexity index is 1170. The summed E-state index contributed by atoms with van der Waals surface area (Å²) in [6, 6.07) is 12.2. The Kier molecular flexibility index (Phi) is 6.54. The number of carbonyl (C=O) groups excluding carboxylic acids is 1. The molecule has 0 unspecified atom stereocenters. The number of hydrogen-bond donors (Lipinski definition) is 2. The zero-order valence-corrected chi connectivity index (χ0v) is 19.5. The number of hydrogen-bond acceptors (Lipinski definition) is 5. The van der Waals surface area contributed by atoms with Crippen LogP contribution in [0.2, 0.25) is 0 Å². The van der Waals surface area contributed by atoms with E-state index in [0.717, 1.165) is 5.56 Å². The van der Waals surface area contributed by atoms with Gasteiger partial charge >= 0.3 is 0 Å². The SMILES string of the molecule is CC(C)[C@H](N=C1NS(=O)(=O)c2ccccc21)C(=O)NCC1(c2cccc(F)c2)CCOCC1. The maximum Gasteiger partial charge on any atom is 0.263 e. The molecule has 1 amide bonds. The first-order valence-corrected chi connectivity index (χ1v) is 12.5. The number of carbonyl (C=O) groups is 1. The van der Waals surface area contributed by atoms with Crippen LogP contribution >= 0.6 is 0 Å². The molecular formula is C24H28FN3O4S. The van der Waals surface area contributed by atoms with Gasteiger partial charge in [0.25, 0.3) is 10.0 Å². The quantitative estimate of drug-likeness (QED) is 0.674. The van der Waals surface area contributed by atoms with E-state index in [1.54, 1.807) is 24.3 Å². The number of amidine groups is 1. The molecule has 0 spiro atoms. The first kappa shape index (κ1) is 23.4. The van der Waals surface area contributed by atoms with Crippen LogP contribution in [0.4, 0.5) is 4.39 Å². The van der Waals surface area contributed by atoms with Gasteiger partial charge in [-0.25, -0.2) is 12.8 Å². The normalized spacial score (nSPS) is 20.8. The molecule has 33 heavy (non-hydrogen) atoms. The fourth-order valence-electron chi connectivity index (χ4n) is 4.39. The van der Waals surface area contributed by atoms with Gasteiger partial charge in [0.05, 0.1) is 4.90 Å². The molecule has 0 aliphatic carbocycles. The van der Waals surface area contributed by atoms with Gasteiger partial charge in [0.1, 0.15) is 17.7 Å². The van der Waals surface area contributed by atoms with Crippen LogP contribution in [0.15, 0.2) is 58.4 Å². The third-order valence-corrected chi connectivity index (χ3v) is 7.72. The summed E-state index contributed by atoms with van der Waals surface area (Å²) in [5.41, 5.74) is 0.847. The van der Waals surface area contributed by atoms with Crippen molar-refractivity contribution in [3.8, 4) is 0 Å². The van der Waals surface area contributed by atoms with E-state index in [-0.39, 0.29) is 28.4 Å². The van der Waals surface area contributed by atoms with Crippen molar-refractivity contribution >= 4 is 21.8 Å². The van der Waals surface area contributed by atoms with Crippen LogP contribution in [-0.2, 0) is 25.0 Å². The second kappa shape index (κ2) is 9.23. The van der Waals surface area contributed by atoms with Gasteiger partial charge in [-0.2, -0.15) is 0 Å². The molecule has 0 saturated carbocycles. The summed E-state index contributed by atoms with van der Waals surface area (Å²) in [4.78, 5) is 17.9. The number of fused-ring (bicyclic) bond motifs is 1. The number of rotatable bonds is 6. The van der Waals surface area contributed by atoms with Crippen molar-refractivity contribution in [2.24, 2.45) is 10.9 Å². The lowest BCUT2D eigenvalue weighted by Gasteiger charge is -2.38. The molecule has 2 aromatic carbocycles. The van der Waals surface area contributed by atoms with Crippen LogP contribution in [0.1, 0.15) is 37.8 Å². The Morgan fingerprint density at radius 2 is 1.91 bits per heavy atom. The van der Waals surface area contributed by atoms with E-state index < -0.39 is 21.5 Å². The molecule has 2 aliphatic rings. The molecule has 1 atom stereocenters. The molecule has 0 aromatic heterocycles. The van der Waals surface area contributed by atoms with Crippen molar-refractivity contribution in [2.75, 3.05) is 19.8 Å². The van der Waals surface area contributed by atoms with Crippen molar-refractivity contribution in [3.05, 3.63) is 65.5 Å². The third kappa shape index (κ3) is 4.79. The molecular weight excluding hydrogens is 445 g/mol. The third-order valence-electron chi connectivity index (χ3n) is 6.32. The minimum Gasteiger partial charge on any atom is -0.381 e. The van der Waals surface area contributed by atoms with Crippen LogP contribution in [0.25, 0.3) is 0 Å². The van der Waals surface area contributed by atoms with Crippen LogP contribution in [0.3, 0.4) is 0 Å². The zero-order valence-electron chi connectivity index (χ0n) is 18.7. The number of nitrogens with zero attached hydrogens (tertiary/aromatic N) is 1. The van der Waals surface area contributed by atoms with Gasteiger partial charge in [-0.3, -0.25) is 14.5 Å². The molecule has 4 rings (SSSR count). The monoisotopic (exact) mass is 473 g/mol. The van der Waals surface area contributed by atoms with Crippen LogP contribution in [0, 0.1) is 11.7 Å². The van der Waals surface area contributed by atoms with E-state index in [9.17, 15) is 17.6 Å². The van der Waals surface area contributed by atoms with Crippen molar-refractivity contribution in [1.29, 1.82) is 0 Å². The van der Waals surface area contributed by atoms with Gasteiger partial charge in [-0.15, -0.1) is 0 Å². The molecule has 2 aromatic rings. The molecule has 0 bridgehead atoms. The lowest BCUT2D eigenvalue weighted by Crippen LogP contribution is -2.48. The van der Waals surface area contributed by atoms with Crippen molar-refractivity contribution in [2.45, 2.75) is 43.0 Å². The smallest absolute Gasteiger partial charge is 0.263 e. The van der Waals surface area contributed by atoms with Crippen molar-refractivity contribution in [3.63, 3.8) is 0 Å². The second-order valence-corrected chi connectivity index (χ2v) is 10.5. The fourth-order valence-corrected chi connectivity index (χ4v) is 5.63. The first-order chi connectivity index (χ1) is 15.7. The van der Waals surface area contributed by atoms with E-state index in [0.29, 0.717) is 38.2 Å². The van der Waals surface area contributed by atoms with Gasteiger partial charge in [0, 0.05) is 30.7 Å². The van der Waals surface area contributed by atoms with Crippen molar-refractivity contribution in [1.82, 2.24) is 10.0 Å². The molecule has 2 N–H and O–H groups in total. The molecule has 2 heterocycles. The number of aliphatic imine (C=N–C) groups is 1. The molecule has 9 heteroatoms. The van der Waals surface area contributed by atoms with E-state index in [1.807, 2.05) is 19.9 Å². The predicted molar refractivity (Wildman–Crippen MR) is 123 cm³/mol. The number of nitrogens with one attached hydrogen (secondary N) is 2. The molecule has 1 saturated heterocycles. The maximum atomic E-state index is 13.9. The second-order valence-electron chi connectivity index (χ2n) is 8.89. The summed E-state index contributed by atoms with van der Waals surface area (Å²) in [6.45, 7) is 5.09. The van der Waals surface area contributed by atoms with Gasteiger partial charge in [0.15, 0.2) is 0 Å². The largest absolute Gasteiger partial charge is 0.381 e. The topological polar surface area (TPSA) is 96.9 Å². The van der Waals surface area contributed by atoms with Gasteiger partial charge in [0.2, 0.25) is 5.91 Å². The van der Waals surface area contributed by atoms with E-state index in [2.05, 4.69) is 15.0 Å². The fraction of sp³-hybridized carbons (Fsp3) is 0.417. The molecule has 2 aliphatic heterocycles. The summed E-state index contributed by atoms with van der Waals surface area (Å²) >= 11 is 0. The Balaban J connectivity index is 1.57. The standard InChI is InChI=1S/C24H28FN3O4S/c1-16(2)21(27-22-19-8-3-4-9-20(19)33(30,31)28-22)23(29)26-15-24(10-12-32-13-11-24)17-6-5-7-18(25)14-17/h3-9,14,16,21H,10-13,15H2,1-2H3,(H,26,29)(H,27,28)/t21-/m0/s1. The lowest BCUT2D eigenvalue weighted by molar-refractivity contribution is -0.123. The highest BCUT2D eigenvalue weighted by molar-refractivity contribution is 7.90. The van der Waals surface area contributed by atoms with Crippen LogP contribution in [-0.4, -0.2) is 46.0 Å². The maximum absolute atomic E-state index is 13.9. The highest BCUT2D eigenvalue weighted by atomic mass is 32.2. The van der Waals surface area contributed by atoms with Crippen molar-refractivity contribution < 1.29 is 22.3 Å². The average Bonchev–Trinajstić information content (AvgIpc) is 3.06. The van der Waals surface area contributed by atoms with E-state index >= 15 is 0 Å². The number of halogens is 1. The highest BCUT2D eigenvalue weighted by Gasteiger charge is 2.37. The number of amides is 1. The Morgan fingerprint density at radius 3 is 2.61 bits per heavy atom. The Labute approximate surface area is 193 Å². The van der Waals surface area contributed by atoms with Gasteiger partial charge < -0.3 is 10.1 Å². The summed E-state index contributed by atoms with van der Waals surface area (Å²) in [5.74, 6) is -0.619. The Hall–Kier alpha value is -2.78. The minimum absolute atomic E-state index is 0.152. The highest BCUT2D eigenvalue weighted by Crippen LogP contribution is 2.34. The van der Waals surface area contributed by atoms with Gasteiger partial charge in [-0.05, 0) is 48.6 Å². The predicted octanol–water partition coefficient (Wildman–Crippen LogP) is 2.75. The summed E-state index contributed by atoms with van der Waals surface area (Å²) < 4.78 is 46.7. The van der Waals surface area contributed by atoms with Gasteiger partial charge in [-0.1, -0.05) is 38.1 Å². The average molecular weight is 474 g/mol. The Morgan fingerprint density at radius 1 is 1.18 bits per heavy atom. The van der Waals surface area contributed by atoms with E-state index in [1.165, 1.54) is 18.2 Å². The molecule has 7 nitrogen and oxygen atoms in total. The van der Waals surface area contributed by atoms with Crippen LogP contribution < -0.4 is 10.0 Å². The number of ether oxygens (including phenoxy) is 1. The molecule has 0 radical (unpaired) electrons. The first-order valence-electron chi connectivity index (χ1n) is 11.0. The minimum atomic E-state index is -3.69. The van der Waals surface area contributed by atoms with E-state index in [4.69, 9.17) is 4.74 Å². The zero-order chi connectivity index (χ0) is 23.6. The lowest BCUT2D eigenvalue weighted by atomic mass is 9.74.